The van der Waals surface area contributed by atoms with Crippen LogP contribution in [-0.2, 0) is 6.54 Å². The van der Waals surface area contributed by atoms with Gasteiger partial charge in [-0.05, 0) is 46.9 Å². The van der Waals surface area contributed by atoms with Crippen molar-refractivity contribution in [1.29, 1.82) is 0 Å². The summed E-state index contributed by atoms with van der Waals surface area (Å²) in [6.07, 6.45) is 0. The van der Waals surface area contributed by atoms with Gasteiger partial charge in [0.2, 0.25) is 0 Å². The number of nitrogens with zero attached hydrogens (tertiary/aromatic N) is 2. The molecule has 0 saturated carbocycles. The first-order valence-electron chi connectivity index (χ1n) is 5.35. The van der Waals surface area contributed by atoms with Gasteiger partial charge in [-0.15, -0.1) is 0 Å². The number of likely N-dealkylation sites (N-methyl/N-ethyl adjacent to an activating group) is 1. The molecular weight excluding hydrogens is 172 g/mol. The molecule has 1 heterocycles. The van der Waals surface area contributed by atoms with E-state index in [0.29, 0.717) is 6.04 Å². The molecule has 1 aromatic rings. The lowest BCUT2D eigenvalue weighted by Gasteiger charge is -2.22. The van der Waals surface area contributed by atoms with Gasteiger partial charge in [0, 0.05) is 30.5 Å². The van der Waals surface area contributed by atoms with Gasteiger partial charge in [0.05, 0.1) is 0 Å². The predicted octanol–water partition coefficient (Wildman–Crippen LogP) is 2.45. The highest BCUT2D eigenvalue weighted by Crippen LogP contribution is 2.07. The maximum atomic E-state index is 2.37. The number of aromatic nitrogens is 1. The quantitative estimate of drug-likeness (QED) is 0.714. The molecule has 1 aromatic heterocycles. The zero-order valence-electron chi connectivity index (χ0n) is 10.0. The van der Waals surface area contributed by atoms with Gasteiger partial charge in [-0.25, -0.2) is 0 Å². The lowest BCUT2D eigenvalue weighted by molar-refractivity contribution is 0.262. The van der Waals surface area contributed by atoms with Crippen molar-refractivity contribution in [2.75, 3.05) is 13.6 Å². The van der Waals surface area contributed by atoms with Gasteiger partial charge >= 0.3 is 0 Å². The Morgan fingerprint density at radius 1 is 1.21 bits per heavy atom. The van der Waals surface area contributed by atoms with Crippen molar-refractivity contribution in [1.82, 2.24) is 9.47 Å². The van der Waals surface area contributed by atoms with Crippen LogP contribution in [0.1, 0.15) is 25.2 Å². The van der Waals surface area contributed by atoms with Crippen LogP contribution in [0, 0.1) is 13.8 Å². The van der Waals surface area contributed by atoms with Crippen LogP contribution in [0.25, 0.3) is 0 Å². The minimum absolute atomic E-state index is 0.631. The van der Waals surface area contributed by atoms with Gasteiger partial charge in [0.1, 0.15) is 0 Å². The highest BCUT2D eigenvalue weighted by molar-refractivity contribution is 5.13. The van der Waals surface area contributed by atoms with Crippen molar-refractivity contribution in [3.63, 3.8) is 0 Å². The third kappa shape index (κ3) is 2.61. The number of hydrogen-bond acceptors (Lipinski definition) is 1. The number of hydrogen-bond donors (Lipinski definition) is 0. The summed E-state index contributed by atoms with van der Waals surface area (Å²) < 4.78 is 2.37. The fourth-order valence-corrected chi connectivity index (χ4v) is 1.57. The largest absolute Gasteiger partial charge is 0.348 e. The highest BCUT2D eigenvalue weighted by Gasteiger charge is 2.05. The van der Waals surface area contributed by atoms with E-state index >= 15 is 0 Å². The van der Waals surface area contributed by atoms with Crippen LogP contribution in [-0.4, -0.2) is 29.1 Å². The predicted molar refractivity (Wildman–Crippen MR) is 61.7 cm³/mol. The van der Waals surface area contributed by atoms with E-state index in [1.165, 1.54) is 11.4 Å². The Morgan fingerprint density at radius 3 is 2.14 bits per heavy atom. The Kier molecular flexibility index (Phi) is 3.76. The second kappa shape index (κ2) is 4.65. The number of aryl methyl sites for hydroxylation is 2. The van der Waals surface area contributed by atoms with Gasteiger partial charge < -0.3 is 9.47 Å². The van der Waals surface area contributed by atoms with Gasteiger partial charge in [-0.1, -0.05) is 0 Å². The van der Waals surface area contributed by atoms with Gasteiger partial charge in [0.15, 0.2) is 0 Å². The fraction of sp³-hybridized carbons (Fsp3) is 0.667. The van der Waals surface area contributed by atoms with Gasteiger partial charge in [0.25, 0.3) is 0 Å². The van der Waals surface area contributed by atoms with Crippen LogP contribution in [0.4, 0.5) is 0 Å². The van der Waals surface area contributed by atoms with Crippen LogP contribution >= 0.6 is 0 Å². The normalized spacial score (nSPS) is 11.6. The third-order valence-electron chi connectivity index (χ3n) is 2.98. The summed E-state index contributed by atoms with van der Waals surface area (Å²) >= 11 is 0. The fourth-order valence-electron chi connectivity index (χ4n) is 1.57. The molecule has 0 amide bonds. The Hall–Kier alpha value is -0.760. The molecule has 0 spiro atoms. The van der Waals surface area contributed by atoms with Crippen molar-refractivity contribution in [3.05, 3.63) is 23.5 Å². The molecule has 0 aliphatic heterocycles. The average molecular weight is 194 g/mol. The topological polar surface area (TPSA) is 8.17 Å². The molecule has 0 radical (unpaired) electrons. The Morgan fingerprint density at radius 2 is 1.71 bits per heavy atom. The molecule has 14 heavy (non-hydrogen) atoms. The molecule has 0 unspecified atom stereocenters. The molecule has 1 rings (SSSR count). The van der Waals surface area contributed by atoms with Crippen LogP contribution in [0.2, 0.25) is 0 Å². The van der Waals surface area contributed by atoms with E-state index in [1.54, 1.807) is 0 Å². The Bertz CT molecular complexity index is 267. The smallest absolute Gasteiger partial charge is 0.0352 e. The first kappa shape index (κ1) is 11.3. The lowest BCUT2D eigenvalue weighted by atomic mass is 10.3. The molecule has 0 bridgehead atoms. The molecule has 80 valence electrons. The zero-order valence-corrected chi connectivity index (χ0v) is 10.0. The van der Waals surface area contributed by atoms with E-state index in [4.69, 9.17) is 0 Å². The van der Waals surface area contributed by atoms with Crippen molar-refractivity contribution in [2.24, 2.45) is 0 Å². The van der Waals surface area contributed by atoms with Crippen LogP contribution in [0.3, 0.4) is 0 Å². The summed E-state index contributed by atoms with van der Waals surface area (Å²) in [6.45, 7) is 11.0. The Balaban J connectivity index is 2.53. The summed E-state index contributed by atoms with van der Waals surface area (Å²) in [4.78, 5) is 2.37. The first-order valence-corrected chi connectivity index (χ1v) is 5.35. The number of rotatable bonds is 4. The molecule has 2 nitrogen and oxygen atoms in total. The summed E-state index contributed by atoms with van der Waals surface area (Å²) in [6, 6.07) is 5.00. The van der Waals surface area contributed by atoms with E-state index < -0.39 is 0 Å². The van der Waals surface area contributed by atoms with E-state index in [2.05, 4.69) is 56.3 Å². The van der Waals surface area contributed by atoms with E-state index in [0.717, 1.165) is 13.1 Å². The molecule has 0 aromatic carbocycles. The molecular formula is C12H22N2. The molecule has 2 heteroatoms. The molecule has 0 fully saturated rings. The van der Waals surface area contributed by atoms with Crippen LogP contribution in [0.5, 0.6) is 0 Å². The highest BCUT2D eigenvalue weighted by atomic mass is 15.1. The second-order valence-electron chi connectivity index (χ2n) is 4.34. The molecule has 0 saturated heterocycles. The molecule has 0 aliphatic carbocycles. The van der Waals surface area contributed by atoms with Crippen molar-refractivity contribution >= 4 is 0 Å². The van der Waals surface area contributed by atoms with Crippen LogP contribution in [0.15, 0.2) is 12.1 Å². The van der Waals surface area contributed by atoms with Crippen molar-refractivity contribution < 1.29 is 0 Å². The van der Waals surface area contributed by atoms with Crippen molar-refractivity contribution in [3.8, 4) is 0 Å². The third-order valence-corrected chi connectivity index (χ3v) is 2.98. The maximum absolute atomic E-state index is 2.37. The zero-order chi connectivity index (χ0) is 10.7. The summed E-state index contributed by atoms with van der Waals surface area (Å²) in [5.41, 5.74) is 2.72. The summed E-state index contributed by atoms with van der Waals surface area (Å²) in [5, 5.41) is 0. The van der Waals surface area contributed by atoms with Crippen LogP contribution < -0.4 is 0 Å². The Labute approximate surface area is 87.5 Å². The second-order valence-corrected chi connectivity index (χ2v) is 4.34. The summed E-state index contributed by atoms with van der Waals surface area (Å²) in [7, 11) is 2.18. The lowest BCUT2D eigenvalue weighted by Crippen LogP contribution is -2.30. The van der Waals surface area contributed by atoms with Gasteiger partial charge in [-0.3, -0.25) is 0 Å². The standard InChI is InChI=1S/C12H22N2/c1-10(2)13(5)8-9-14-11(3)6-7-12(14)4/h6-7,10H,8-9H2,1-5H3. The summed E-state index contributed by atoms with van der Waals surface area (Å²) in [5.74, 6) is 0. The molecule has 0 aliphatic rings. The average Bonchev–Trinajstić information content (AvgIpc) is 2.43. The maximum Gasteiger partial charge on any atom is 0.0352 e. The molecule has 0 N–H and O–H groups in total. The monoisotopic (exact) mass is 194 g/mol. The van der Waals surface area contributed by atoms with Gasteiger partial charge in [-0.2, -0.15) is 0 Å². The molecule has 0 atom stereocenters. The van der Waals surface area contributed by atoms with E-state index in [9.17, 15) is 0 Å². The minimum atomic E-state index is 0.631. The van der Waals surface area contributed by atoms with E-state index in [1.807, 2.05) is 0 Å². The van der Waals surface area contributed by atoms with Crippen molar-refractivity contribution in [2.45, 2.75) is 40.3 Å². The minimum Gasteiger partial charge on any atom is -0.348 e. The van der Waals surface area contributed by atoms with E-state index in [-0.39, 0.29) is 0 Å². The SMILES string of the molecule is Cc1ccc(C)n1CCN(C)C(C)C. The first-order chi connectivity index (χ1) is 6.52.